The molecule has 2 aliphatic heterocycles. The Morgan fingerprint density at radius 2 is 1.95 bits per heavy atom. The van der Waals surface area contributed by atoms with Gasteiger partial charge in [-0.2, -0.15) is 5.10 Å². The van der Waals surface area contributed by atoms with E-state index in [4.69, 9.17) is 4.74 Å². The minimum atomic E-state index is -0.881. The van der Waals surface area contributed by atoms with Crippen LogP contribution in [0.5, 0.6) is 5.75 Å². The van der Waals surface area contributed by atoms with E-state index in [1.807, 2.05) is 0 Å². The first-order valence-electron chi connectivity index (χ1n) is 12.2. The van der Waals surface area contributed by atoms with Crippen LogP contribution in [0.15, 0.2) is 36.5 Å². The number of fused-ring (bicyclic) bond motifs is 2. The van der Waals surface area contributed by atoms with Gasteiger partial charge in [0.15, 0.2) is 12.3 Å². The topological polar surface area (TPSA) is 176 Å². The van der Waals surface area contributed by atoms with E-state index in [2.05, 4.69) is 31.3 Å². The van der Waals surface area contributed by atoms with E-state index in [1.54, 1.807) is 29.2 Å². The van der Waals surface area contributed by atoms with Crippen LogP contribution in [0, 0.1) is 0 Å². The van der Waals surface area contributed by atoms with Crippen LogP contribution in [0.1, 0.15) is 40.4 Å². The van der Waals surface area contributed by atoms with Crippen molar-refractivity contribution in [1.29, 1.82) is 0 Å². The molecule has 0 spiro atoms. The van der Waals surface area contributed by atoms with Crippen molar-refractivity contribution in [2.24, 2.45) is 0 Å². The normalized spacial score (nSPS) is 15.3. The number of rotatable bonds is 7. The third-order valence-electron chi connectivity index (χ3n) is 6.37. The summed E-state index contributed by atoms with van der Waals surface area (Å²) in [7, 11) is 0. The highest BCUT2D eigenvalue weighted by molar-refractivity contribution is 6.00. The van der Waals surface area contributed by atoms with Gasteiger partial charge >= 0.3 is 0 Å². The molecule has 39 heavy (non-hydrogen) atoms. The van der Waals surface area contributed by atoms with Crippen LogP contribution in [0.25, 0.3) is 5.65 Å². The molecule has 1 fully saturated rings. The van der Waals surface area contributed by atoms with Crippen LogP contribution >= 0.6 is 0 Å². The molecule has 5 amide bonds. The number of nitrogens with one attached hydrogen (secondary N) is 4. The van der Waals surface area contributed by atoms with Gasteiger partial charge in [0.2, 0.25) is 11.8 Å². The molecular formula is C25H26N8O6. The molecule has 14 heteroatoms. The molecule has 0 unspecified atom stereocenters. The summed E-state index contributed by atoms with van der Waals surface area (Å²) in [5.41, 5.74) is 1.52. The molecule has 0 saturated carbocycles. The Hall–Kier alpha value is -5.01. The van der Waals surface area contributed by atoms with E-state index in [1.165, 1.54) is 30.6 Å². The van der Waals surface area contributed by atoms with E-state index < -0.39 is 23.8 Å². The van der Waals surface area contributed by atoms with Crippen LogP contribution in [0.4, 0.5) is 5.69 Å². The lowest BCUT2D eigenvalue weighted by Gasteiger charge is -2.39. The average molecular weight is 535 g/mol. The second-order valence-corrected chi connectivity index (χ2v) is 9.30. The molecule has 1 atom stereocenters. The minimum absolute atomic E-state index is 0.0151. The van der Waals surface area contributed by atoms with Gasteiger partial charge in [-0.25, -0.2) is 9.50 Å². The zero-order valence-corrected chi connectivity index (χ0v) is 21.2. The Bertz CT molecular complexity index is 1490. The van der Waals surface area contributed by atoms with Crippen molar-refractivity contribution < 1.29 is 28.7 Å². The number of hydrogen-bond donors (Lipinski definition) is 4. The Morgan fingerprint density at radius 3 is 2.72 bits per heavy atom. The fourth-order valence-corrected chi connectivity index (χ4v) is 4.19. The largest absolute Gasteiger partial charge is 0.482 e. The van der Waals surface area contributed by atoms with Gasteiger partial charge in [0.25, 0.3) is 17.7 Å². The second kappa shape index (κ2) is 10.4. The lowest BCUT2D eigenvalue weighted by atomic mass is 10.1. The fraction of sp³-hybridized carbons (Fsp3) is 0.320. The smallest absolute Gasteiger partial charge is 0.270 e. The number of carbonyl (C=O) groups is 5. The molecule has 3 aromatic rings. The number of likely N-dealkylation sites (tertiary alicyclic amines) is 1. The molecule has 202 valence electrons. The van der Waals surface area contributed by atoms with Crippen LogP contribution in [-0.2, 0) is 20.9 Å². The summed E-state index contributed by atoms with van der Waals surface area (Å²) in [5.74, 6) is -1.33. The predicted octanol–water partition coefficient (Wildman–Crippen LogP) is -0.545. The lowest BCUT2D eigenvalue weighted by Crippen LogP contribution is -2.62. The molecule has 14 nitrogen and oxygen atoms in total. The number of anilines is 1. The monoisotopic (exact) mass is 534 g/mol. The zero-order chi connectivity index (χ0) is 27.7. The van der Waals surface area contributed by atoms with E-state index >= 15 is 0 Å². The quantitative estimate of drug-likeness (QED) is 0.312. The van der Waals surface area contributed by atoms with Gasteiger partial charge in [-0.1, -0.05) is 6.07 Å². The Kier molecular flexibility index (Phi) is 6.83. The predicted molar refractivity (Wildman–Crippen MR) is 136 cm³/mol. The van der Waals surface area contributed by atoms with Crippen molar-refractivity contribution in [2.45, 2.75) is 32.5 Å². The maximum Gasteiger partial charge on any atom is 0.270 e. The standard InChI is InChI=1S/C25H26N8O6/c1-13(23(36)29-16-10-32(11-16)14(2)34)28-25(38)19-8-18(30-21-5-6-27-33(19)21)24(37)26-9-15-3-4-20-17(7-15)31-22(35)12-39-20/h3-8,13,16H,9-12H2,1-2H3,(H,26,37)(H,28,38)(H,29,36)(H,31,35)/t13-/m0/s1. The van der Waals surface area contributed by atoms with E-state index in [0.717, 1.165) is 0 Å². The molecule has 0 bridgehead atoms. The highest BCUT2D eigenvalue weighted by atomic mass is 16.5. The van der Waals surface area contributed by atoms with Crippen molar-refractivity contribution in [1.82, 2.24) is 35.4 Å². The van der Waals surface area contributed by atoms with Crippen LogP contribution < -0.4 is 26.0 Å². The maximum absolute atomic E-state index is 13.1. The van der Waals surface area contributed by atoms with Crippen molar-refractivity contribution in [3.05, 3.63) is 53.5 Å². The summed E-state index contributed by atoms with van der Waals surface area (Å²) in [6.45, 7) is 3.93. The highest BCUT2D eigenvalue weighted by Crippen LogP contribution is 2.28. The van der Waals surface area contributed by atoms with E-state index in [9.17, 15) is 24.0 Å². The molecule has 2 aliphatic rings. The van der Waals surface area contributed by atoms with Gasteiger partial charge in [0, 0.05) is 38.7 Å². The second-order valence-electron chi connectivity index (χ2n) is 9.30. The SMILES string of the molecule is CC(=O)N1CC(NC(=O)[C@H](C)NC(=O)c2cc(C(=O)NCc3ccc4c(c3)NC(=O)CO4)nc3ccnn23)C1. The van der Waals surface area contributed by atoms with Crippen molar-refractivity contribution in [3.63, 3.8) is 0 Å². The number of hydrogen-bond acceptors (Lipinski definition) is 8. The molecule has 5 rings (SSSR count). The maximum atomic E-state index is 13.1. The summed E-state index contributed by atoms with van der Waals surface area (Å²) in [4.78, 5) is 67.4. The molecule has 4 N–H and O–H groups in total. The molecule has 1 saturated heterocycles. The third kappa shape index (κ3) is 5.49. The lowest BCUT2D eigenvalue weighted by molar-refractivity contribution is -0.136. The summed E-state index contributed by atoms with van der Waals surface area (Å²) >= 11 is 0. The first-order valence-corrected chi connectivity index (χ1v) is 12.2. The number of ether oxygens (including phenoxy) is 1. The summed E-state index contributed by atoms with van der Waals surface area (Å²) in [6.07, 6.45) is 1.44. The van der Waals surface area contributed by atoms with Gasteiger partial charge in [0.05, 0.1) is 17.9 Å². The van der Waals surface area contributed by atoms with Gasteiger partial charge < -0.3 is 30.9 Å². The number of amides is 5. The number of carbonyl (C=O) groups excluding carboxylic acids is 5. The number of nitrogens with zero attached hydrogens (tertiary/aromatic N) is 4. The molecular weight excluding hydrogens is 508 g/mol. The average Bonchev–Trinajstić information content (AvgIpc) is 3.36. The van der Waals surface area contributed by atoms with Crippen LogP contribution in [0.2, 0.25) is 0 Å². The summed E-state index contributed by atoms with van der Waals surface area (Å²) < 4.78 is 6.62. The van der Waals surface area contributed by atoms with E-state index in [-0.39, 0.29) is 48.0 Å². The molecule has 2 aromatic heterocycles. The zero-order valence-electron chi connectivity index (χ0n) is 21.2. The first-order chi connectivity index (χ1) is 18.7. The minimum Gasteiger partial charge on any atom is -0.482 e. The van der Waals surface area contributed by atoms with Crippen molar-refractivity contribution >= 4 is 40.9 Å². The van der Waals surface area contributed by atoms with Gasteiger partial charge in [0.1, 0.15) is 23.2 Å². The molecule has 0 aliphatic carbocycles. The van der Waals surface area contributed by atoms with Crippen LogP contribution in [0.3, 0.4) is 0 Å². The molecule has 4 heterocycles. The van der Waals surface area contributed by atoms with Crippen molar-refractivity contribution in [3.8, 4) is 5.75 Å². The number of aromatic nitrogens is 3. The summed E-state index contributed by atoms with van der Waals surface area (Å²) in [5, 5.41) is 15.0. The fourth-order valence-electron chi connectivity index (χ4n) is 4.19. The molecule has 0 radical (unpaired) electrons. The van der Waals surface area contributed by atoms with E-state index in [0.29, 0.717) is 30.1 Å². The van der Waals surface area contributed by atoms with Crippen LogP contribution in [-0.4, -0.2) is 80.8 Å². The van der Waals surface area contributed by atoms with Gasteiger partial charge in [-0.05, 0) is 24.6 Å². The van der Waals surface area contributed by atoms with Gasteiger partial charge in [-0.3, -0.25) is 24.0 Å². The summed E-state index contributed by atoms with van der Waals surface area (Å²) in [6, 6.07) is 6.96. The van der Waals surface area contributed by atoms with Crippen molar-refractivity contribution in [2.75, 3.05) is 25.0 Å². The Morgan fingerprint density at radius 1 is 1.15 bits per heavy atom. The first kappa shape index (κ1) is 25.6. The Balaban J connectivity index is 1.24. The Labute approximate surface area is 222 Å². The number of benzene rings is 1. The molecule has 1 aromatic carbocycles. The highest BCUT2D eigenvalue weighted by Gasteiger charge is 2.31. The van der Waals surface area contributed by atoms with Gasteiger partial charge in [-0.15, -0.1) is 0 Å². The third-order valence-corrected chi connectivity index (χ3v) is 6.37.